The lowest BCUT2D eigenvalue weighted by Gasteiger charge is -2.08. The van der Waals surface area contributed by atoms with Crippen LogP contribution in [0.4, 0.5) is 0 Å². The van der Waals surface area contributed by atoms with Crippen LogP contribution in [0, 0.1) is 0 Å². The largest absolute Gasteiger partial charge is 0.494 e. The van der Waals surface area contributed by atoms with Gasteiger partial charge in [-0.2, -0.15) is 0 Å². The normalized spacial score (nSPS) is 10.8. The van der Waals surface area contributed by atoms with E-state index in [4.69, 9.17) is 18.9 Å². The molecule has 0 radical (unpaired) electrons. The zero-order chi connectivity index (χ0) is 15.2. The van der Waals surface area contributed by atoms with Crippen LogP contribution in [0.15, 0.2) is 24.3 Å². The Labute approximate surface area is 128 Å². The van der Waals surface area contributed by atoms with Crippen LogP contribution in [0.1, 0.15) is 31.2 Å². The number of benzene rings is 1. The fraction of sp³-hybridized carbons (Fsp3) is 0.647. The van der Waals surface area contributed by atoms with Crippen molar-refractivity contribution >= 4 is 0 Å². The lowest BCUT2D eigenvalue weighted by Crippen LogP contribution is -2.00. The molecule has 0 aromatic heterocycles. The molecule has 0 aliphatic rings. The van der Waals surface area contributed by atoms with E-state index in [2.05, 4.69) is 12.1 Å². The number of hydrogen-bond acceptors (Lipinski definition) is 4. The first-order valence-corrected chi connectivity index (χ1v) is 7.64. The van der Waals surface area contributed by atoms with Crippen molar-refractivity contribution in [3.63, 3.8) is 0 Å². The smallest absolute Gasteiger partial charge is 0.119 e. The number of methoxy groups -OCH3 is 2. The highest BCUT2D eigenvalue weighted by Gasteiger charge is 1.97. The van der Waals surface area contributed by atoms with E-state index in [0.717, 1.165) is 57.9 Å². The molecule has 0 amide bonds. The summed E-state index contributed by atoms with van der Waals surface area (Å²) in [5.41, 5.74) is 1.17. The second kappa shape index (κ2) is 12.6. The molecule has 21 heavy (non-hydrogen) atoms. The van der Waals surface area contributed by atoms with Crippen molar-refractivity contribution in [3.8, 4) is 5.75 Å². The van der Waals surface area contributed by atoms with Gasteiger partial charge < -0.3 is 18.9 Å². The summed E-state index contributed by atoms with van der Waals surface area (Å²) in [5, 5.41) is 0. The van der Waals surface area contributed by atoms with Gasteiger partial charge in [-0.1, -0.05) is 12.1 Å². The molecule has 1 rings (SSSR count). The summed E-state index contributed by atoms with van der Waals surface area (Å²) in [6, 6.07) is 8.11. The molecule has 0 saturated carbocycles. The quantitative estimate of drug-likeness (QED) is 0.523. The van der Waals surface area contributed by atoms with Crippen LogP contribution >= 0.6 is 0 Å². The Bertz CT molecular complexity index is 337. The minimum Gasteiger partial charge on any atom is -0.494 e. The van der Waals surface area contributed by atoms with Gasteiger partial charge in [0.25, 0.3) is 0 Å². The fourth-order valence-corrected chi connectivity index (χ4v) is 1.86. The van der Waals surface area contributed by atoms with Gasteiger partial charge in [0.1, 0.15) is 5.75 Å². The summed E-state index contributed by atoms with van der Waals surface area (Å²) in [4.78, 5) is 0. The first-order chi connectivity index (χ1) is 10.4. The molecule has 0 bridgehead atoms. The number of ether oxygens (including phenoxy) is 4. The highest BCUT2D eigenvalue weighted by atomic mass is 16.5. The zero-order valence-electron chi connectivity index (χ0n) is 13.3. The van der Waals surface area contributed by atoms with Crippen molar-refractivity contribution in [1.82, 2.24) is 0 Å². The number of hydrogen-bond donors (Lipinski definition) is 0. The number of rotatable bonds is 13. The van der Waals surface area contributed by atoms with Crippen LogP contribution in [-0.4, -0.2) is 40.6 Å². The van der Waals surface area contributed by atoms with Crippen LogP contribution < -0.4 is 4.74 Å². The van der Waals surface area contributed by atoms with Gasteiger partial charge in [-0.15, -0.1) is 0 Å². The lowest BCUT2D eigenvalue weighted by molar-refractivity contribution is 0.108. The predicted molar refractivity (Wildman–Crippen MR) is 83.8 cm³/mol. The minimum absolute atomic E-state index is 0.654. The van der Waals surface area contributed by atoms with Gasteiger partial charge in [0, 0.05) is 34.0 Å². The topological polar surface area (TPSA) is 36.9 Å². The van der Waals surface area contributed by atoms with Crippen LogP contribution in [0.2, 0.25) is 0 Å². The molecular weight excluding hydrogens is 268 g/mol. The Morgan fingerprint density at radius 2 is 1.29 bits per heavy atom. The van der Waals surface area contributed by atoms with Crippen molar-refractivity contribution in [2.45, 2.75) is 32.3 Å². The lowest BCUT2D eigenvalue weighted by atomic mass is 10.2. The molecule has 1 aromatic rings. The zero-order valence-corrected chi connectivity index (χ0v) is 13.3. The Morgan fingerprint density at radius 1 is 0.714 bits per heavy atom. The minimum atomic E-state index is 0.654. The molecule has 0 saturated heterocycles. The Kier molecular flexibility index (Phi) is 10.8. The molecule has 0 N–H and O–H groups in total. The van der Waals surface area contributed by atoms with Gasteiger partial charge in [0.05, 0.1) is 13.2 Å². The van der Waals surface area contributed by atoms with E-state index in [-0.39, 0.29) is 0 Å². The van der Waals surface area contributed by atoms with Gasteiger partial charge in [-0.3, -0.25) is 0 Å². The monoisotopic (exact) mass is 296 g/mol. The van der Waals surface area contributed by atoms with Gasteiger partial charge in [-0.05, 0) is 43.4 Å². The van der Waals surface area contributed by atoms with Crippen molar-refractivity contribution in [1.29, 1.82) is 0 Å². The third-order valence-electron chi connectivity index (χ3n) is 3.09. The Morgan fingerprint density at radius 3 is 1.90 bits per heavy atom. The van der Waals surface area contributed by atoms with Gasteiger partial charge in [0.15, 0.2) is 0 Å². The maximum atomic E-state index is 5.67. The second-order valence-electron chi connectivity index (χ2n) is 4.94. The molecule has 0 unspecified atom stereocenters. The number of unbranched alkanes of at least 4 members (excludes halogenated alkanes) is 2. The summed E-state index contributed by atoms with van der Waals surface area (Å²) < 4.78 is 21.3. The Balaban J connectivity index is 2.09. The van der Waals surface area contributed by atoms with Crippen LogP contribution in [0.25, 0.3) is 0 Å². The van der Waals surface area contributed by atoms with Gasteiger partial charge >= 0.3 is 0 Å². The molecule has 1 aromatic carbocycles. The summed E-state index contributed by atoms with van der Waals surface area (Å²) in [6.07, 6.45) is 4.13. The maximum absolute atomic E-state index is 5.67. The van der Waals surface area contributed by atoms with Gasteiger partial charge in [-0.25, -0.2) is 0 Å². The third kappa shape index (κ3) is 9.45. The maximum Gasteiger partial charge on any atom is 0.119 e. The molecule has 0 heterocycles. The average molecular weight is 296 g/mol. The van der Waals surface area contributed by atoms with Crippen molar-refractivity contribution in [2.24, 2.45) is 0 Å². The third-order valence-corrected chi connectivity index (χ3v) is 3.09. The fourth-order valence-electron chi connectivity index (χ4n) is 1.86. The first-order valence-electron chi connectivity index (χ1n) is 7.64. The van der Waals surface area contributed by atoms with E-state index in [1.807, 2.05) is 12.1 Å². The molecular formula is C17H28O4. The Hall–Kier alpha value is -1.10. The molecule has 120 valence electrons. The van der Waals surface area contributed by atoms with Crippen molar-refractivity contribution < 1.29 is 18.9 Å². The second-order valence-corrected chi connectivity index (χ2v) is 4.94. The molecule has 0 fully saturated rings. The summed E-state index contributed by atoms with van der Waals surface area (Å²) in [5.74, 6) is 0.913. The predicted octanol–water partition coefficient (Wildman–Crippen LogP) is 3.44. The molecule has 0 aliphatic heterocycles. The van der Waals surface area contributed by atoms with Gasteiger partial charge in [0.2, 0.25) is 0 Å². The van der Waals surface area contributed by atoms with E-state index in [1.165, 1.54) is 5.56 Å². The average Bonchev–Trinajstić information content (AvgIpc) is 2.52. The van der Waals surface area contributed by atoms with Crippen LogP contribution in [0.5, 0.6) is 5.75 Å². The summed E-state index contributed by atoms with van der Waals surface area (Å²) in [7, 11) is 3.45. The van der Waals surface area contributed by atoms with E-state index in [0.29, 0.717) is 6.61 Å². The van der Waals surface area contributed by atoms with E-state index >= 15 is 0 Å². The molecule has 4 heteroatoms. The van der Waals surface area contributed by atoms with Crippen molar-refractivity contribution in [3.05, 3.63) is 29.8 Å². The highest BCUT2D eigenvalue weighted by molar-refractivity contribution is 5.26. The summed E-state index contributed by atoms with van der Waals surface area (Å²) in [6.45, 7) is 3.77. The van der Waals surface area contributed by atoms with Crippen LogP contribution in [-0.2, 0) is 20.8 Å². The SMILES string of the molecule is COCCCCOCc1ccc(OCCCCOC)cc1. The van der Waals surface area contributed by atoms with E-state index in [9.17, 15) is 0 Å². The molecule has 4 nitrogen and oxygen atoms in total. The summed E-state index contributed by atoms with van der Waals surface area (Å²) >= 11 is 0. The van der Waals surface area contributed by atoms with E-state index < -0.39 is 0 Å². The molecule has 0 spiro atoms. The van der Waals surface area contributed by atoms with Crippen LogP contribution in [0.3, 0.4) is 0 Å². The molecule has 0 atom stereocenters. The standard InChI is InChI=1S/C17H28O4/c1-18-11-3-5-13-20-15-16-7-9-17(10-8-16)21-14-6-4-12-19-2/h7-10H,3-6,11-15H2,1-2H3. The van der Waals surface area contributed by atoms with E-state index in [1.54, 1.807) is 14.2 Å². The highest BCUT2D eigenvalue weighted by Crippen LogP contribution is 2.13. The first kappa shape index (κ1) is 18.0. The molecule has 0 aliphatic carbocycles. The van der Waals surface area contributed by atoms with Crippen molar-refractivity contribution in [2.75, 3.05) is 40.6 Å².